The molecule has 0 aromatic heterocycles. The molecular weight excluding hydrogens is 164 g/mol. The molecule has 1 saturated heterocycles. The highest BCUT2D eigenvalue weighted by Crippen LogP contribution is 2.27. The van der Waals surface area contributed by atoms with Gasteiger partial charge in [-0.1, -0.05) is 20.8 Å². The van der Waals surface area contributed by atoms with Crippen LogP contribution < -0.4 is 11.3 Å². The zero-order chi connectivity index (χ0) is 9.90. The second-order valence-electron chi connectivity index (χ2n) is 5.05. The Bertz CT molecular complexity index is 147. The molecule has 0 saturated carbocycles. The Hall–Kier alpha value is -0.120. The maximum atomic E-state index is 5.55. The average Bonchev–Trinajstić information content (AvgIpc) is 2.49. The molecule has 13 heavy (non-hydrogen) atoms. The van der Waals surface area contributed by atoms with Gasteiger partial charge in [0.1, 0.15) is 0 Å². The van der Waals surface area contributed by atoms with Crippen molar-refractivity contribution in [2.24, 2.45) is 17.2 Å². The second-order valence-corrected chi connectivity index (χ2v) is 5.05. The standard InChI is InChI=1S/C10H22N2O/c1-10(2,3)9(12-11)6-8-4-5-13-7-8/h8-9,12H,4-7,11H2,1-3H3. The van der Waals surface area contributed by atoms with Gasteiger partial charge in [-0.3, -0.25) is 11.3 Å². The summed E-state index contributed by atoms with van der Waals surface area (Å²) >= 11 is 0. The van der Waals surface area contributed by atoms with E-state index in [1.807, 2.05) is 0 Å². The van der Waals surface area contributed by atoms with E-state index in [-0.39, 0.29) is 5.41 Å². The predicted octanol–water partition coefficient (Wildman–Crippen LogP) is 1.29. The molecule has 1 aliphatic rings. The number of hydrogen-bond acceptors (Lipinski definition) is 3. The van der Waals surface area contributed by atoms with Crippen LogP contribution in [-0.2, 0) is 4.74 Å². The van der Waals surface area contributed by atoms with Gasteiger partial charge in [0, 0.05) is 19.3 Å². The highest BCUT2D eigenvalue weighted by atomic mass is 16.5. The third kappa shape index (κ3) is 3.25. The lowest BCUT2D eigenvalue weighted by atomic mass is 9.81. The number of ether oxygens (including phenoxy) is 1. The van der Waals surface area contributed by atoms with E-state index in [1.165, 1.54) is 6.42 Å². The molecular formula is C10H22N2O. The van der Waals surface area contributed by atoms with Crippen molar-refractivity contribution in [1.82, 2.24) is 5.43 Å². The summed E-state index contributed by atoms with van der Waals surface area (Å²) in [7, 11) is 0. The lowest BCUT2D eigenvalue weighted by Crippen LogP contribution is -2.45. The molecule has 1 fully saturated rings. The van der Waals surface area contributed by atoms with Crippen molar-refractivity contribution in [2.75, 3.05) is 13.2 Å². The van der Waals surface area contributed by atoms with Gasteiger partial charge in [-0.2, -0.15) is 0 Å². The molecule has 0 amide bonds. The number of nitrogens with one attached hydrogen (secondary N) is 1. The zero-order valence-corrected chi connectivity index (χ0v) is 8.97. The summed E-state index contributed by atoms with van der Waals surface area (Å²) in [5, 5.41) is 0. The first-order chi connectivity index (χ1) is 6.04. The minimum absolute atomic E-state index is 0.233. The number of nitrogens with two attached hydrogens (primary N) is 1. The fourth-order valence-corrected chi connectivity index (χ4v) is 1.77. The lowest BCUT2D eigenvalue weighted by Gasteiger charge is -2.31. The van der Waals surface area contributed by atoms with Crippen molar-refractivity contribution in [3.05, 3.63) is 0 Å². The van der Waals surface area contributed by atoms with E-state index in [0.717, 1.165) is 19.6 Å². The molecule has 1 rings (SSSR count). The van der Waals surface area contributed by atoms with Crippen LogP contribution in [0.25, 0.3) is 0 Å². The van der Waals surface area contributed by atoms with E-state index in [2.05, 4.69) is 26.2 Å². The fraction of sp³-hybridized carbons (Fsp3) is 1.00. The van der Waals surface area contributed by atoms with E-state index in [1.54, 1.807) is 0 Å². The molecule has 78 valence electrons. The largest absolute Gasteiger partial charge is 0.381 e. The van der Waals surface area contributed by atoms with E-state index >= 15 is 0 Å². The molecule has 0 aliphatic carbocycles. The van der Waals surface area contributed by atoms with Gasteiger partial charge in [0.2, 0.25) is 0 Å². The Labute approximate surface area is 81.0 Å². The molecule has 2 unspecified atom stereocenters. The molecule has 3 heteroatoms. The van der Waals surface area contributed by atoms with Crippen molar-refractivity contribution in [3.63, 3.8) is 0 Å². The van der Waals surface area contributed by atoms with Crippen molar-refractivity contribution < 1.29 is 4.74 Å². The maximum absolute atomic E-state index is 5.55. The van der Waals surface area contributed by atoms with Crippen LogP contribution in [-0.4, -0.2) is 19.3 Å². The van der Waals surface area contributed by atoms with Gasteiger partial charge in [-0.15, -0.1) is 0 Å². The van der Waals surface area contributed by atoms with Crippen molar-refractivity contribution in [3.8, 4) is 0 Å². The minimum Gasteiger partial charge on any atom is -0.381 e. The fourth-order valence-electron chi connectivity index (χ4n) is 1.77. The number of rotatable bonds is 3. The monoisotopic (exact) mass is 186 g/mol. The van der Waals surface area contributed by atoms with Crippen molar-refractivity contribution in [2.45, 2.75) is 39.7 Å². The van der Waals surface area contributed by atoms with Crippen LogP contribution in [0.4, 0.5) is 0 Å². The van der Waals surface area contributed by atoms with Gasteiger partial charge < -0.3 is 4.74 Å². The summed E-state index contributed by atoms with van der Waals surface area (Å²) in [5.74, 6) is 6.24. The first kappa shape index (κ1) is 11.0. The van der Waals surface area contributed by atoms with Crippen LogP contribution in [0.5, 0.6) is 0 Å². The van der Waals surface area contributed by atoms with Gasteiger partial charge in [0.15, 0.2) is 0 Å². The molecule has 0 spiro atoms. The molecule has 1 heterocycles. The second kappa shape index (κ2) is 4.40. The maximum Gasteiger partial charge on any atom is 0.0495 e. The quantitative estimate of drug-likeness (QED) is 0.516. The van der Waals surface area contributed by atoms with Crippen LogP contribution in [0.1, 0.15) is 33.6 Å². The molecule has 0 aromatic carbocycles. The molecule has 2 atom stereocenters. The van der Waals surface area contributed by atoms with E-state index in [0.29, 0.717) is 12.0 Å². The average molecular weight is 186 g/mol. The van der Waals surface area contributed by atoms with Crippen LogP contribution in [0, 0.1) is 11.3 Å². The summed E-state index contributed by atoms with van der Waals surface area (Å²) in [6, 6.07) is 0.388. The third-order valence-corrected chi connectivity index (χ3v) is 2.84. The summed E-state index contributed by atoms with van der Waals surface area (Å²) in [6.45, 7) is 8.48. The van der Waals surface area contributed by atoms with Crippen LogP contribution in [0.2, 0.25) is 0 Å². The Morgan fingerprint density at radius 2 is 2.23 bits per heavy atom. The van der Waals surface area contributed by atoms with Gasteiger partial charge in [0.05, 0.1) is 0 Å². The highest BCUT2D eigenvalue weighted by Gasteiger charge is 2.28. The lowest BCUT2D eigenvalue weighted by molar-refractivity contribution is 0.169. The first-order valence-corrected chi connectivity index (χ1v) is 5.08. The van der Waals surface area contributed by atoms with Gasteiger partial charge in [0.25, 0.3) is 0 Å². The molecule has 1 aliphatic heterocycles. The van der Waals surface area contributed by atoms with Gasteiger partial charge in [-0.05, 0) is 24.2 Å². The molecule has 3 N–H and O–H groups in total. The summed E-state index contributed by atoms with van der Waals surface area (Å²) in [5.41, 5.74) is 3.15. The Morgan fingerprint density at radius 3 is 2.62 bits per heavy atom. The molecule has 0 aromatic rings. The smallest absolute Gasteiger partial charge is 0.0495 e. The Balaban J connectivity index is 2.39. The van der Waals surface area contributed by atoms with Gasteiger partial charge >= 0.3 is 0 Å². The Morgan fingerprint density at radius 1 is 1.54 bits per heavy atom. The number of hydrazine groups is 1. The van der Waals surface area contributed by atoms with E-state index < -0.39 is 0 Å². The topological polar surface area (TPSA) is 47.3 Å². The SMILES string of the molecule is CC(C)(C)C(CC1CCOC1)NN. The molecule has 0 bridgehead atoms. The predicted molar refractivity (Wildman–Crippen MR) is 54.1 cm³/mol. The Kier molecular flexibility index (Phi) is 3.71. The van der Waals surface area contributed by atoms with Crippen LogP contribution in [0.15, 0.2) is 0 Å². The van der Waals surface area contributed by atoms with E-state index in [9.17, 15) is 0 Å². The van der Waals surface area contributed by atoms with Crippen molar-refractivity contribution in [1.29, 1.82) is 0 Å². The van der Waals surface area contributed by atoms with Gasteiger partial charge in [-0.25, -0.2) is 0 Å². The summed E-state index contributed by atoms with van der Waals surface area (Å²) < 4.78 is 5.35. The summed E-state index contributed by atoms with van der Waals surface area (Å²) in [4.78, 5) is 0. The third-order valence-electron chi connectivity index (χ3n) is 2.84. The highest BCUT2D eigenvalue weighted by molar-refractivity contribution is 4.82. The van der Waals surface area contributed by atoms with Crippen LogP contribution >= 0.6 is 0 Å². The number of hydrogen-bond donors (Lipinski definition) is 2. The summed E-state index contributed by atoms with van der Waals surface area (Å²) in [6.07, 6.45) is 2.31. The normalized spacial score (nSPS) is 26.3. The first-order valence-electron chi connectivity index (χ1n) is 5.08. The zero-order valence-electron chi connectivity index (χ0n) is 8.97. The van der Waals surface area contributed by atoms with Crippen LogP contribution in [0.3, 0.4) is 0 Å². The minimum atomic E-state index is 0.233. The van der Waals surface area contributed by atoms with E-state index in [4.69, 9.17) is 10.6 Å². The van der Waals surface area contributed by atoms with Crippen molar-refractivity contribution >= 4 is 0 Å². The molecule has 3 nitrogen and oxygen atoms in total. The molecule has 0 radical (unpaired) electrons.